The van der Waals surface area contributed by atoms with Crippen LogP contribution in [0.4, 0.5) is 13.2 Å². The fraction of sp³-hybridized carbons (Fsp3) is 0.600. The molecule has 0 aliphatic carbocycles. The van der Waals surface area contributed by atoms with E-state index in [4.69, 9.17) is 5.73 Å². The van der Waals surface area contributed by atoms with Crippen molar-refractivity contribution in [1.29, 1.82) is 0 Å². The molecule has 2 N–H and O–H groups in total. The van der Waals surface area contributed by atoms with Crippen LogP contribution in [0.25, 0.3) is 0 Å². The number of ether oxygens (including phenoxy) is 1. The Hall–Kier alpha value is -1.27. The van der Waals surface area contributed by atoms with Crippen molar-refractivity contribution in [2.45, 2.75) is 32.7 Å². The first-order valence-corrected chi connectivity index (χ1v) is 7.03. The minimum atomic E-state index is -4.70. The third-order valence-corrected chi connectivity index (χ3v) is 3.56. The van der Waals surface area contributed by atoms with Crippen LogP contribution in [0.2, 0.25) is 0 Å². The molecule has 0 saturated heterocycles. The van der Waals surface area contributed by atoms with Crippen LogP contribution >= 0.6 is 0 Å². The number of para-hydroxylation sites is 1. The van der Waals surface area contributed by atoms with Crippen molar-refractivity contribution >= 4 is 0 Å². The molecule has 0 radical (unpaired) electrons. The average Bonchev–Trinajstić information content (AvgIpc) is 2.39. The third kappa shape index (κ3) is 5.55. The zero-order valence-corrected chi connectivity index (χ0v) is 12.7. The largest absolute Gasteiger partial charge is 0.573 e. The minimum Gasteiger partial charge on any atom is -0.405 e. The number of nitrogens with zero attached hydrogens (tertiary/aromatic N) is 1. The van der Waals surface area contributed by atoms with Crippen LogP contribution < -0.4 is 10.5 Å². The van der Waals surface area contributed by atoms with Crippen LogP contribution in [-0.2, 0) is 0 Å². The van der Waals surface area contributed by atoms with E-state index in [9.17, 15) is 13.2 Å². The fourth-order valence-corrected chi connectivity index (χ4v) is 2.27. The first kappa shape index (κ1) is 17.8. The van der Waals surface area contributed by atoms with Crippen LogP contribution in [0.5, 0.6) is 5.75 Å². The minimum absolute atomic E-state index is 0.184. The molecule has 6 heteroatoms. The van der Waals surface area contributed by atoms with Gasteiger partial charge in [0.25, 0.3) is 0 Å². The van der Waals surface area contributed by atoms with E-state index in [1.165, 1.54) is 12.1 Å². The number of alkyl halides is 3. The van der Waals surface area contributed by atoms with Crippen molar-refractivity contribution in [2.24, 2.45) is 11.7 Å². The number of hydrogen-bond donors (Lipinski definition) is 1. The maximum Gasteiger partial charge on any atom is 0.573 e. The molecule has 0 aliphatic heterocycles. The lowest BCUT2D eigenvalue weighted by atomic mass is 10.0. The SMILES string of the molecule is CCC(C)CN(C)C(CN)c1ccccc1OC(F)(F)F. The molecule has 1 rings (SSSR count). The summed E-state index contributed by atoms with van der Waals surface area (Å²) in [4.78, 5) is 1.98. The Morgan fingerprint density at radius 2 is 1.90 bits per heavy atom. The summed E-state index contributed by atoms with van der Waals surface area (Å²) in [6.07, 6.45) is -3.70. The lowest BCUT2D eigenvalue weighted by molar-refractivity contribution is -0.275. The van der Waals surface area contributed by atoms with E-state index in [-0.39, 0.29) is 18.3 Å². The summed E-state index contributed by atoms with van der Waals surface area (Å²) in [5.74, 6) is 0.260. The molecule has 0 saturated carbocycles. The van der Waals surface area contributed by atoms with Gasteiger partial charge in [-0.3, -0.25) is 4.90 Å². The molecule has 2 atom stereocenters. The molecule has 0 aromatic heterocycles. The molecular formula is C15H23F3N2O. The van der Waals surface area contributed by atoms with Crippen molar-refractivity contribution in [3.63, 3.8) is 0 Å². The van der Waals surface area contributed by atoms with Gasteiger partial charge >= 0.3 is 6.36 Å². The van der Waals surface area contributed by atoms with E-state index in [0.29, 0.717) is 11.5 Å². The van der Waals surface area contributed by atoms with Gasteiger partial charge in [0.1, 0.15) is 5.75 Å². The van der Waals surface area contributed by atoms with Crippen molar-refractivity contribution in [3.05, 3.63) is 29.8 Å². The highest BCUT2D eigenvalue weighted by Gasteiger charge is 2.33. The van der Waals surface area contributed by atoms with Crippen LogP contribution in [0.3, 0.4) is 0 Å². The van der Waals surface area contributed by atoms with Gasteiger partial charge in [-0.25, -0.2) is 0 Å². The topological polar surface area (TPSA) is 38.5 Å². The third-order valence-electron chi connectivity index (χ3n) is 3.56. The molecule has 0 fully saturated rings. The maximum atomic E-state index is 12.5. The standard InChI is InChI=1S/C15H23F3N2O/c1-4-11(2)10-20(3)13(9-19)12-7-5-6-8-14(12)21-15(16,17)18/h5-8,11,13H,4,9-10,19H2,1-3H3. The Morgan fingerprint density at radius 3 is 2.43 bits per heavy atom. The van der Waals surface area contributed by atoms with Gasteiger partial charge in [-0.2, -0.15) is 0 Å². The highest BCUT2D eigenvalue weighted by atomic mass is 19.4. The summed E-state index contributed by atoms with van der Waals surface area (Å²) in [6, 6.07) is 5.86. The van der Waals surface area contributed by atoms with E-state index in [1.54, 1.807) is 12.1 Å². The number of likely N-dealkylation sites (N-methyl/N-ethyl adjacent to an activating group) is 1. The zero-order valence-electron chi connectivity index (χ0n) is 12.7. The van der Waals surface area contributed by atoms with Crippen LogP contribution in [0.1, 0.15) is 31.9 Å². The highest BCUT2D eigenvalue weighted by Crippen LogP contribution is 2.32. The van der Waals surface area contributed by atoms with Crippen LogP contribution in [0, 0.1) is 5.92 Å². The Labute approximate surface area is 123 Å². The summed E-state index contributed by atoms with van der Waals surface area (Å²) in [5.41, 5.74) is 6.24. The van der Waals surface area contributed by atoms with Crippen LogP contribution in [0.15, 0.2) is 24.3 Å². The van der Waals surface area contributed by atoms with Crippen molar-refractivity contribution in [2.75, 3.05) is 20.1 Å². The van der Waals surface area contributed by atoms with E-state index < -0.39 is 6.36 Å². The van der Waals surface area contributed by atoms with Gasteiger partial charge in [0, 0.05) is 18.7 Å². The van der Waals surface area contributed by atoms with Gasteiger partial charge in [-0.1, -0.05) is 38.5 Å². The number of halogens is 3. The van der Waals surface area contributed by atoms with Crippen molar-refractivity contribution in [3.8, 4) is 5.75 Å². The zero-order chi connectivity index (χ0) is 16.0. The first-order chi connectivity index (χ1) is 9.78. The average molecular weight is 304 g/mol. The summed E-state index contributed by atoms with van der Waals surface area (Å²) in [6.45, 7) is 5.17. The van der Waals surface area contributed by atoms with E-state index in [2.05, 4.69) is 18.6 Å². The molecule has 3 nitrogen and oxygen atoms in total. The Kier molecular flexibility index (Phi) is 6.48. The Morgan fingerprint density at radius 1 is 1.29 bits per heavy atom. The van der Waals surface area contributed by atoms with E-state index >= 15 is 0 Å². The molecule has 120 valence electrons. The highest BCUT2D eigenvalue weighted by molar-refractivity contribution is 5.36. The summed E-state index contributed by atoms with van der Waals surface area (Å²) in [7, 11) is 1.87. The predicted octanol–water partition coefficient (Wildman–Crippen LogP) is 3.56. The number of rotatable bonds is 7. The molecule has 0 bridgehead atoms. The quantitative estimate of drug-likeness (QED) is 0.837. The second-order valence-corrected chi connectivity index (χ2v) is 5.29. The van der Waals surface area contributed by atoms with Gasteiger partial charge in [-0.05, 0) is 19.0 Å². The van der Waals surface area contributed by atoms with Crippen LogP contribution in [-0.4, -0.2) is 31.4 Å². The normalized spacial score (nSPS) is 15.0. The van der Waals surface area contributed by atoms with Crippen molar-refractivity contribution < 1.29 is 17.9 Å². The lowest BCUT2D eigenvalue weighted by Gasteiger charge is -2.30. The summed E-state index contributed by atoms with van der Waals surface area (Å²) in [5, 5.41) is 0. The second kappa shape index (κ2) is 7.66. The number of benzene rings is 1. The molecule has 1 aromatic carbocycles. The first-order valence-electron chi connectivity index (χ1n) is 7.03. The lowest BCUT2D eigenvalue weighted by Crippen LogP contribution is -2.34. The Bertz CT molecular complexity index is 437. The molecular weight excluding hydrogens is 281 g/mol. The van der Waals surface area contributed by atoms with Gasteiger partial charge in [-0.15, -0.1) is 13.2 Å². The van der Waals surface area contributed by atoms with E-state index in [0.717, 1.165) is 13.0 Å². The maximum absolute atomic E-state index is 12.5. The molecule has 2 unspecified atom stereocenters. The molecule has 21 heavy (non-hydrogen) atoms. The molecule has 0 aliphatic rings. The summed E-state index contributed by atoms with van der Waals surface area (Å²) >= 11 is 0. The molecule has 1 aromatic rings. The predicted molar refractivity (Wildman–Crippen MR) is 77.0 cm³/mol. The molecule has 0 heterocycles. The number of nitrogens with two attached hydrogens (primary N) is 1. The number of hydrogen-bond acceptors (Lipinski definition) is 3. The Balaban J connectivity index is 2.99. The second-order valence-electron chi connectivity index (χ2n) is 5.29. The molecule has 0 spiro atoms. The summed E-state index contributed by atoms with van der Waals surface area (Å²) < 4.78 is 41.6. The van der Waals surface area contributed by atoms with Gasteiger partial charge < -0.3 is 10.5 Å². The van der Waals surface area contributed by atoms with E-state index in [1.807, 2.05) is 11.9 Å². The van der Waals surface area contributed by atoms with Gasteiger partial charge in [0.05, 0.1) is 6.04 Å². The fourth-order valence-electron chi connectivity index (χ4n) is 2.27. The van der Waals surface area contributed by atoms with Gasteiger partial charge in [0.15, 0.2) is 0 Å². The van der Waals surface area contributed by atoms with Gasteiger partial charge in [0.2, 0.25) is 0 Å². The smallest absolute Gasteiger partial charge is 0.405 e. The monoisotopic (exact) mass is 304 g/mol. The molecule has 0 amide bonds. The van der Waals surface area contributed by atoms with Crippen molar-refractivity contribution in [1.82, 2.24) is 4.90 Å².